The van der Waals surface area contributed by atoms with Crippen molar-refractivity contribution < 1.29 is 23.5 Å². The third kappa shape index (κ3) is 7.15. The molecule has 1 aliphatic carbocycles. The molecule has 1 atom stereocenters. The molecule has 8 heteroatoms. The largest absolute Gasteiger partial charge is 0.481 e. The van der Waals surface area contributed by atoms with Crippen LogP contribution >= 0.6 is 0 Å². The van der Waals surface area contributed by atoms with Gasteiger partial charge in [-0.2, -0.15) is 0 Å². The Balaban J connectivity index is 1.41. The van der Waals surface area contributed by atoms with Crippen molar-refractivity contribution in [3.05, 3.63) is 53.0 Å². The van der Waals surface area contributed by atoms with E-state index < -0.39 is 17.8 Å². The maximum absolute atomic E-state index is 14.3. The Morgan fingerprint density at radius 3 is 2.67 bits per heavy atom. The Bertz CT molecular complexity index is 1010. The minimum Gasteiger partial charge on any atom is -0.481 e. The second-order valence-corrected chi connectivity index (χ2v) is 10.2. The lowest BCUT2D eigenvalue weighted by molar-refractivity contribution is -0.136. The summed E-state index contributed by atoms with van der Waals surface area (Å²) >= 11 is 0. The fraction of sp³-hybridized carbons (Fsp3) is 0.607. The van der Waals surface area contributed by atoms with Crippen molar-refractivity contribution in [2.45, 2.75) is 83.1 Å². The normalized spacial score (nSPS) is 17.8. The highest BCUT2D eigenvalue weighted by molar-refractivity contribution is 5.91. The van der Waals surface area contributed by atoms with Crippen molar-refractivity contribution in [3.8, 4) is 0 Å². The molecule has 1 aliphatic heterocycles. The number of halogens is 1. The molecule has 1 saturated heterocycles. The maximum Gasteiger partial charge on any atom is 0.303 e. The van der Waals surface area contributed by atoms with Gasteiger partial charge in [0.25, 0.3) is 5.91 Å². The van der Waals surface area contributed by atoms with Gasteiger partial charge in [0.1, 0.15) is 18.1 Å². The summed E-state index contributed by atoms with van der Waals surface area (Å²) in [7, 11) is 0. The Hall–Kier alpha value is -2.74. The quantitative estimate of drug-likeness (QED) is 0.375. The predicted molar refractivity (Wildman–Crippen MR) is 134 cm³/mol. The summed E-state index contributed by atoms with van der Waals surface area (Å²) in [5, 5.41) is 12.1. The van der Waals surface area contributed by atoms with Crippen LogP contribution in [0.4, 0.5) is 4.39 Å². The van der Waals surface area contributed by atoms with Gasteiger partial charge in [0.2, 0.25) is 5.89 Å². The number of carboxylic acids is 1. The topological polar surface area (TPSA) is 95.7 Å². The zero-order chi connectivity index (χ0) is 25.3. The Kier molecular flexibility index (Phi) is 9.50. The van der Waals surface area contributed by atoms with Crippen molar-refractivity contribution in [1.29, 1.82) is 0 Å². The predicted octanol–water partition coefficient (Wildman–Crippen LogP) is 5.50. The van der Waals surface area contributed by atoms with Gasteiger partial charge in [-0.3, -0.25) is 14.5 Å². The molecule has 1 unspecified atom stereocenters. The summed E-state index contributed by atoms with van der Waals surface area (Å²) in [5.41, 5.74) is 1.61. The van der Waals surface area contributed by atoms with E-state index in [2.05, 4.69) is 15.2 Å². The first-order valence-corrected chi connectivity index (χ1v) is 13.5. The number of amides is 1. The number of unbranched alkanes of at least 4 members (excludes halogenated alkanes) is 1. The van der Waals surface area contributed by atoms with Gasteiger partial charge in [-0.05, 0) is 68.0 Å². The van der Waals surface area contributed by atoms with Crippen LogP contribution in [-0.2, 0) is 11.2 Å². The molecule has 0 bridgehead atoms. The van der Waals surface area contributed by atoms with E-state index in [1.165, 1.54) is 56.9 Å². The van der Waals surface area contributed by atoms with Gasteiger partial charge in [0.15, 0.2) is 5.69 Å². The summed E-state index contributed by atoms with van der Waals surface area (Å²) in [6.45, 7) is 2.20. The first-order chi connectivity index (χ1) is 17.5. The summed E-state index contributed by atoms with van der Waals surface area (Å²) in [6, 6.07) is 3.96. The third-order valence-corrected chi connectivity index (χ3v) is 7.55. The number of nitrogens with zero attached hydrogens (tertiary/aromatic N) is 2. The first kappa shape index (κ1) is 26.3. The van der Waals surface area contributed by atoms with Gasteiger partial charge in [0.05, 0.1) is 0 Å². The van der Waals surface area contributed by atoms with Gasteiger partial charge in [-0.15, -0.1) is 0 Å². The molecule has 1 saturated carbocycles. The molecule has 2 fully saturated rings. The highest BCUT2D eigenvalue weighted by atomic mass is 19.1. The van der Waals surface area contributed by atoms with Gasteiger partial charge in [-0.1, -0.05) is 51.0 Å². The van der Waals surface area contributed by atoms with E-state index in [0.717, 1.165) is 50.3 Å². The van der Waals surface area contributed by atoms with E-state index in [1.807, 2.05) is 0 Å². The molecule has 2 aromatic rings. The molecule has 1 amide bonds. The minimum absolute atomic E-state index is 0.0503. The third-order valence-electron chi connectivity index (χ3n) is 7.55. The fourth-order valence-electron chi connectivity index (χ4n) is 5.62. The van der Waals surface area contributed by atoms with Gasteiger partial charge in [0, 0.05) is 13.0 Å². The summed E-state index contributed by atoms with van der Waals surface area (Å²) in [6.07, 6.45) is 13.7. The van der Waals surface area contributed by atoms with Crippen molar-refractivity contribution in [3.63, 3.8) is 0 Å². The van der Waals surface area contributed by atoms with E-state index in [0.29, 0.717) is 18.0 Å². The molecule has 196 valence electrons. The van der Waals surface area contributed by atoms with Crippen molar-refractivity contribution in [2.75, 3.05) is 19.6 Å². The number of carboxylic acid groups (broad SMARTS) is 1. The van der Waals surface area contributed by atoms with E-state index in [-0.39, 0.29) is 24.4 Å². The molecule has 2 aliphatic rings. The number of aliphatic carboxylic acids is 1. The van der Waals surface area contributed by atoms with Crippen LogP contribution in [0, 0.1) is 11.7 Å². The highest BCUT2D eigenvalue weighted by Crippen LogP contribution is 2.34. The maximum atomic E-state index is 14.3. The van der Waals surface area contributed by atoms with Crippen molar-refractivity contribution in [2.24, 2.45) is 5.92 Å². The number of aryl methyl sites for hydroxylation is 1. The first-order valence-electron chi connectivity index (χ1n) is 13.5. The average molecular weight is 500 g/mol. The summed E-state index contributed by atoms with van der Waals surface area (Å²) in [4.78, 5) is 30.6. The molecule has 1 aromatic carbocycles. The van der Waals surface area contributed by atoms with Gasteiger partial charge in [-0.25, -0.2) is 9.37 Å². The van der Waals surface area contributed by atoms with E-state index >= 15 is 0 Å². The van der Waals surface area contributed by atoms with Crippen LogP contribution in [0.3, 0.4) is 0 Å². The number of carbonyl (C=O) groups excluding carboxylic acids is 1. The van der Waals surface area contributed by atoms with E-state index in [1.54, 1.807) is 6.07 Å². The minimum atomic E-state index is -0.906. The zero-order valence-electron chi connectivity index (χ0n) is 21.0. The van der Waals surface area contributed by atoms with Gasteiger partial charge < -0.3 is 14.8 Å². The molecule has 2 heterocycles. The zero-order valence-corrected chi connectivity index (χ0v) is 21.0. The SMILES string of the molecule is O=C(O)CCc1ccc(F)cc1C(c1nc(C(=O)NCCCCC2CCCCC2)co1)N1CCCC1. The van der Waals surface area contributed by atoms with Gasteiger partial charge >= 0.3 is 5.97 Å². The molecule has 7 nitrogen and oxygen atoms in total. The number of rotatable bonds is 12. The van der Waals surface area contributed by atoms with Crippen LogP contribution < -0.4 is 5.32 Å². The Morgan fingerprint density at radius 2 is 1.92 bits per heavy atom. The number of oxazole rings is 1. The molecule has 36 heavy (non-hydrogen) atoms. The molecule has 4 rings (SSSR count). The van der Waals surface area contributed by atoms with Crippen LogP contribution in [0.1, 0.15) is 104 Å². The lowest BCUT2D eigenvalue weighted by Crippen LogP contribution is -2.28. The number of benzene rings is 1. The van der Waals surface area contributed by atoms with E-state index in [9.17, 15) is 14.0 Å². The number of aromatic nitrogens is 1. The molecule has 1 aromatic heterocycles. The average Bonchev–Trinajstić information content (AvgIpc) is 3.57. The van der Waals surface area contributed by atoms with Crippen LogP contribution in [0.2, 0.25) is 0 Å². The Labute approximate surface area is 212 Å². The number of hydrogen-bond donors (Lipinski definition) is 2. The Morgan fingerprint density at radius 1 is 1.14 bits per heavy atom. The molecule has 0 radical (unpaired) electrons. The molecule has 0 spiro atoms. The van der Waals surface area contributed by atoms with Crippen LogP contribution in [-0.4, -0.2) is 46.5 Å². The summed E-state index contributed by atoms with van der Waals surface area (Å²) < 4.78 is 20.1. The van der Waals surface area contributed by atoms with Crippen molar-refractivity contribution in [1.82, 2.24) is 15.2 Å². The van der Waals surface area contributed by atoms with Crippen LogP contribution in [0.15, 0.2) is 28.9 Å². The van der Waals surface area contributed by atoms with E-state index in [4.69, 9.17) is 9.52 Å². The summed E-state index contributed by atoms with van der Waals surface area (Å²) in [5.74, 6) is -0.393. The molecule has 2 N–H and O–H groups in total. The molecular formula is C28H38FN3O4. The number of hydrogen-bond acceptors (Lipinski definition) is 5. The highest BCUT2D eigenvalue weighted by Gasteiger charge is 2.32. The number of nitrogens with one attached hydrogen (secondary N) is 1. The monoisotopic (exact) mass is 499 g/mol. The molecular weight excluding hydrogens is 461 g/mol. The second kappa shape index (κ2) is 13.0. The number of carbonyl (C=O) groups is 2. The fourth-order valence-corrected chi connectivity index (χ4v) is 5.62. The van der Waals surface area contributed by atoms with Crippen molar-refractivity contribution >= 4 is 11.9 Å². The van der Waals surface area contributed by atoms with Crippen LogP contribution in [0.25, 0.3) is 0 Å². The lowest BCUT2D eigenvalue weighted by Gasteiger charge is -2.27. The second-order valence-electron chi connectivity index (χ2n) is 10.2. The van der Waals surface area contributed by atoms with Crippen LogP contribution in [0.5, 0.6) is 0 Å². The smallest absolute Gasteiger partial charge is 0.303 e. The standard InChI is InChI=1S/C28H38FN3O4/c29-22-13-11-21(12-14-25(33)34)23(18-22)26(32-16-6-7-17-32)28-31-24(19-36-28)27(35)30-15-5-4-10-20-8-2-1-3-9-20/h11,13,18-20,26H,1-10,12,14-17H2,(H,30,35)(H,33,34). The lowest BCUT2D eigenvalue weighted by atomic mass is 9.86. The number of likely N-dealkylation sites (tertiary alicyclic amines) is 1.